The number of furan rings is 1. The Hall–Kier alpha value is -2.96. The molecule has 1 aliphatic rings. The summed E-state index contributed by atoms with van der Waals surface area (Å²) in [5, 5.41) is 2.68. The van der Waals surface area contributed by atoms with Crippen molar-refractivity contribution in [2.24, 2.45) is 0 Å². The minimum absolute atomic E-state index is 0.0182. The highest BCUT2D eigenvalue weighted by atomic mass is 16.5. The maximum absolute atomic E-state index is 11.9. The van der Waals surface area contributed by atoms with E-state index in [1.807, 2.05) is 0 Å². The van der Waals surface area contributed by atoms with Crippen LogP contribution in [0, 0.1) is 0 Å². The van der Waals surface area contributed by atoms with Gasteiger partial charge >= 0.3 is 0 Å². The second-order valence-corrected chi connectivity index (χ2v) is 4.58. The lowest BCUT2D eigenvalue weighted by atomic mass is 10.2. The zero-order chi connectivity index (χ0) is 15.0. The van der Waals surface area contributed by atoms with Crippen molar-refractivity contribution in [1.82, 2.24) is 0 Å². The number of ether oxygens (including phenoxy) is 1. The van der Waals surface area contributed by atoms with Crippen molar-refractivity contribution >= 4 is 29.1 Å². The van der Waals surface area contributed by atoms with E-state index in [1.54, 1.807) is 25.2 Å². The Balaban J connectivity index is 1.81. The van der Waals surface area contributed by atoms with Crippen LogP contribution in [0.15, 0.2) is 34.7 Å². The second kappa shape index (κ2) is 4.86. The van der Waals surface area contributed by atoms with Crippen LogP contribution >= 0.6 is 0 Å². The third-order valence-corrected chi connectivity index (χ3v) is 3.15. The quantitative estimate of drug-likeness (QED) is 0.871. The molecular formula is C14H13N3O4. The van der Waals surface area contributed by atoms with Crippen molar-refractivity contribution in [1.29, 1.82) is 0 Å². The molecule has 2 heterocycles. The molecule has 0 aliphatic carbocycles. The first-order valence-electron chi connectivity index (χ1n) is 6.24. The number of nitrogens with zero attached hydrogens (tertiary/aromatic N) is 1. The number of nitrogens with one attached hydrogen (secondary N) is 1. The molecule has 3 N–H and O–H groups in total. The lowest BCUT2D eigenvalue weighted by Crippen LogP contribution is -2.35. The number of anilines is 3. The fourth-order valence-electron chi connectivity index (χ4n) is 2.02. The van der Waals surface area contributed by atoms with Crippen LogP contribution in [-0.2, 0) is 4.79 Å². The first-order chi connectivity index (χ1) is 10.0. The van der Waals surface area contributed by atoms with E-state index in [0.717, 1.165) is 0 Å². The molecular weight excluding hydrogens is 274 g/mol. The zero-order valence-corrected chi connectivity index (χ0v) is 11.3. The van der Waals surface area contributed by atoms with Gasteiger partial charge in [0.2, 0.25) is 0 Å². The molecule has 21 heavy (non-hydrogen) atoms. The summed E-state index contributed by atoms with van der Waals surface area (Å²) in [7, 11) is 1.67. The normalized spacial score (nSPS) is 13.6. The highest BCUT2D eigenvalue weighted by Gasteiger charge is 2.22. The number of nitrogens with two attached hydrogens (primary N) is 1. The average molecular weight is 287 g/mol. The maximum Gasteiger partial charge on any atom is 0.291 e. The number of hydrogen-bond acceptors (Lipinski definition) is 5. The lowest BCUT2D eigenvalue weighted by Gasteiger charge is -2.26. The van der Waals surface area contributed by atoms with Gasteiger partial charge in [0.1, 0.15) is 5.75 Å². The molecule has 0 fully saturated rings. The van der Waals surface area contributed by atoms with E-state index in [0.29, 0.717) is 17.1 Å². The molecule has 0 bridgehead atoms. The fraction of sp³-hybridized carbons (Fsp3) is 0.143. The number of hydrogen-bond donors (Lipinski definition) is 2. The first kappa shape index (κ1) is 13.0. The molecule has 1 aromatic carbocycles. The molecule has 0 radical (unpaired) electrons. The van der Waals surface area contributed by atoms with Gasteiger partial charge in [0.05, 0.1) is 5.69 Å². The van der Waals surface area contributed by atoms with Gasteiger partial charge in [-0.2, -0.15) is 0 Å². The number of carbonyl (C=O) groups excluding carboxylic acids is 2. The van der Waals surface area contributed by atoms with Crippen molar-refractivity contribution in [2.75, 3.05) is 29.6 Å². The molecule has 2 aromatic rings. The van der Waals surface area contributed by atoms with Crippen LogP contribution in [0.4, 0.5) is 17.3 Å². The number of fused-ring (bicyclic) bond motifs is 1. The van der Waals surface area contributed by atoms with E-state index in [1.165, 1.54) is 17.0 Å². The van der Waals surface area contributed by atoms with Crippen molar-refractivity contribution in [3.63, 3.8) is 0 Å². The predicted molar refractivity (Wildman–Crippen MR) is 76.4 cm³/mol. The van der Waals surface area contributed by atoms with Gasteiger partial charge in [-0.3, -0.25) is 9.59 Å². The van der Waals surface area contributed by atoms with Crippen LogP contribution in [0.1, 0.15) is 10.6 Å². The second-order valence-electron chi connectivity index (χ2n) is 4.58. The Morgan fingerprint density at radius 3 is 2.86 bits per heavy atom. The average Bonchev–Trinajstić information content (AvgIpc) is 2.90. The molecule has 0 saturated carbocycles. The van der Waals surface area contributed by atoms with E-state index >= 15 is 0 Å². The van der Waals surface area contributed by atoms with Crippen LogP contribution < -0.4 is 20.7 Å². The Morgan fingerprint density at radius 2 is 2.14 bits per heavy atom. The number of nitrogen functional groups attached to an aromatic ring is 1. The molecule has 108 valence electrons. The summed E-state index contributed by atoms with van der Waals surface area (Å²) in [6.45, 7) is -0.0182. The van der Waals surface area contributed by atoms with E-state index in [9.17, 15) is 9.59 Å². The standard InChI is InChI=1S/C14H13N3O4/c1-17-9-3-2-8(6-11(9)20-7-13(17)18)16-14(19)10-4-5-12(15)21-10/h2-6H,7,15H2,1H3,(H,16,19). The molecule has 0 unspecified atom stereocenters. The van der Waals surface area contributed by atoms with Gasteiger partial charge in [-0.1, -0.05) is 0 Å². The fourth-order valence-corrected chi connectivity index (χ4v) is 2.02. The molecule has 0 spiro atoms. The summed E-state index contributed by atoms with van der Waals surface area (Å²) in [4.78, 5) is 25.0. The van der Waals surface area contributed by atoms with E-state index in [-0.39, 0.29) is 24.2 Å². The van der Waals surface area contributed by atoms with Gasteiger partial charge < -0.3 is 25.1 Å². The van der Waals surface area contributed by atoms with Gasteiger partial charge in [0.15, 0.2) is 18.3 Å². The van der Waals surface area contributed by atoms with Crippen molar-refractivity contribution < 1.29 is 18.7 Å². The number of carbonyl (C=O) groups is 2. The van der Waals surface area contributed by atoms with E-state index < -0.39 is 5.91 Å². The summed E-state index contributed by atoms with van der Waals surface area (Å²) in [5.41, 5.74) is 6.62. The minimum atomic E-state index is -0.410. The third kappa shape index (κ3) is 2.40. The molecule has 0 saturated heterocycles. The van der Waals surface area contributed by atoms with Crippen LogP contribution in [0.2, 0.25) is 0 Å². The molecule has 3 rings (SSSR count). The number of likely N-dealkylation sites (N-methyl/N-ethyl adjacent to an activating group) is 1. The molecule has 1 aromatic heterocycles. The SMILES string of the molecule is CN1C(=O)COc2cc(NC(=O)c3ccc(N)o3)ccc21. The van der Waals surface area contributed by atoms with Crippen LogP contribution in [-0.4, -0.2) is 25.5 Å². The van der Waals surface area contributed by atoms with Gasteiger partial charge in [-0.05, 0) is 18.2 Å². The lowest BCUT2D eigenvalue weighted by molar-refractivity contribution is -0.120. The van der Waals surface area contributed by atoms with Crippen LogP contribution in [0.25, 0.3) is 0 Å². The van der Waals surface area contributed by atoms with Gasteiger partial charge in [-0.15, -0.1) is 0 Å². The van der Waals surface area contributed by atoms with Gasteiger partial charge in [-0.25, -0.2) is 0 Å². The van der Waals surface area contributed by atoms with Gasteiger partial charge in [0.25, 0.3) is 11.8 Å². The van der Waals surface area contributed by atoms with Crippen LogP contribution in [0.3, 0.4) is 0 Å². The zero-order valence-electron chi connectivity index (χ0n) is 11.3. The van der Waals surface area contributed by atoms with Gasteiger partial charge in [0, 0.05) is 24.9 Å². The van der Waals surface area contributed by atoms with E-state index in [4.69, 9.17) is 14.9 Å². The Labute approximate surface area is 120 Å². The molecule has 7 heteroatoms. The maximum atomic E-state index is 11.9. The number of amides is 2. The van der Waals surface area contributed by atoms with E-state index in [2.05, 4.69) is 5.32 Å². The molecule has 2 amide bonds. The molecule has 1 aliphatic heterocycles. The predicted octanol–water partition coefficient (Wildman–Crippen LogP) is 1.47. The smallest absolute Gasteiger partial charge is 0.291 e. The summed E-state index contributed by atoms with van der Waals surface area (Å²) < 4.78 is 10.4. The Bertz CT molecular complexity index is 723. The van der Waals surface area contributed by atoms with Crippen molar-refractivity contribution in [3.05, 3.63) is 36.1 Å². The van der Waals surface area contributed by atoms with Crippen molar-refractivity contribution in [3.8, 4) is 5.75 Å². The Morgan fingerprint density at radius 1 is 1.33 bits per heavy atom. The largest absolute Gasteiger partial charge is 0.481 e. The highest BCUT2D eigenvalue weighted by Crippen LogP contribution is 2.33. The third-order valence-electron chi connectivity index (χ3n) is 3.15. The summed E-state index contributed by atoms with van der Waals surface area (Å²) in [6.07, 6.45) is 0. The number of rotatable bonds is 2. The molecule has 7 nitrogen and oxygen atoms in total. The van der Waals surface area contributed by atoms with Crippen LogP contribution in [0.5, 0.6) is 5.75 Å². The number of benzene rings is 1. The highest BCUT2D eigenvalue weighted by molar-refractivity contribution is 6.03. The summed E-state index contributed by atoms with van der Waals surface area (Å²) in [6, 6.07) is 8.04. The topological polar surface area (TPSA) is 97.8 Å². The summed E-state index contributed by atoms with van der Waals surface area (Å²) in [5.74, 6) is 0.304. The van der Waals surface area contributed by atoms with Crippen molar-refractivity contribution in [2.45, 2.75) is 0 Å². The molecule has 0 atom stereocenters. The summed E-state index contributed by atoms with van der Waals surface area (Å²) >= 11 is 0. The Kier molecular flexibility index (Phi) is 3.02. The monoisotopic (exact) mass is 287 g/mol. The first-order valence-corrected chi connectivity index (χ1v) is 6.24. The minimum Gasteiger partial charge on any atom is -0.481 e.